The molecular formula is C17H23N3O3. The average Bonchev–Trinajstić information content (AvgIpc) is 2.55. The predicted octanol–water partition coefficient (Wildman–Crippen LogP) is 3.19. The topological polar surface area (TPSA) is 75.5 Å². The van der Waals surface area contributed by atoms with Crippen molar-refractivity contribution in [1.82, 2.24) is 4.90 Å². The Morgan fingerprint density at radius 1 is 1.26 bits per heavy atom. The Hall–Kier alpha value is -1.95. The number of nitrogens with zero attached hydrogens (tertiary/aromatic N) is 2. The fourth-order valence-electron chi connectivity index (χ4n) is 4.01. The number of nitro benzene ring substituents is 1. The third-order valence-corrected chi connectivity index (χ3v) is 5.05. The maximum absolute atomic E-state index is 12.3. The SMILES string of the molecule is O=C(CN1CCC[C@H]2CCCC[C@@H]21)Nc1cccc([N+](=O)[O-])c1. The molecule has 2 fully saturated rings. The number of fused-ring (bicyclic) bond motifs is 1. The Labute approximate surface area is 136 Å². The smallest absolute Gasteiger partial charge is 0.271 e. The van der Waals surface area contributed by atoms with Crippen molar-refractivity contribution in [2.75, 3.05) is 18.4 Å². The Balaban J connectivity index is 1.60. The van der Waals surface area contributed by atoms with Gasteiger partial charge in [-0.1, -0.05) is 18.9 Å². The van der Waals surface area contributed by atoms with Crippen molar-refractivity contribution in [3.63, 3.8) is 0 Å². The van der Waals surface area contributed by atoms with Gasteiger partial charge in [0.15, 0.2) is 0 Å². The molecule has 1 aliphatic heterocycles. The van der Waals surface area contributed by atoms with Crippen LogP contribution in [0.3, 0.4) is 0 Å². The highest BCUT2D eigenvalue weighted by Crippen LogP contribution is 2.35. The van der Waals surface area contributed by atoms with Gasteiger partial charge in [0.2, 0.25) is 5.91 Å². The van der Waals surface area contributed by atoms with Crippen molar-refractivity contribution in [2.45, 2.75) is 44.6 Å². The first-order valence-electron chi connectivity index (χ1n) is 8.42. The molecule has 0 bridgehead atoms. The molecule has 1 N–H and O–H groups in total. The molecule has 23 heavy (non-hydrogen) atoms. The lowest BCUT2D eigenvalue weighted by atomic mass is 9.78. The fourth-order valence-corrected chi connectivity index (χ4v) is 4.01. The summed E-state index contributed by atoms with van der Waals surface area (Å²) in [6.07, 6.45) is 7.49. The van der Waals surface area contributed by atoms with E-state index >= 15 is 0 Å². The van der Waals surface area contributed by atoms with Gasteiger partial charge in [-0.15, -0.1) is 0 Å². The number of piperidine rings is 1. The Morgan fingerprint density at radius 3 is 2.87 bits per heavy atom. The van der Waals surface area contributed by atoms with Crippen LogP contribution in [0.1, 0.15) is 38.5 Å². The van der Waals surface area contributed by atoms with Crippen LogP contribution >= 0.6 is 0 Å². The van der Waals surface area contributed by atoms with E-state index in [-0.39, 0.29) is 11.6 Å². The van der Waals surface area contributed by atoms with E-state index in [1.807, 2.05) is 0 Å². The number of benzene rings is 1. The minimum absolute atomic E-state index is 0.00637. The summed E-state index contributed by atoms with van der Waals surface area (Å²) >= 11 is 0. The minimum Gasteiger partial charge on any atom is -0.325 e. The van der Waals surface area contributed by atoms with Gasteiger partial charge >= 0.3 is 0 Å². The molecule has 3 rings (SSSR count). The number of anilines is 1. The molecule has 2 atom stereocenters. The number of likely N-dealkylation sites (tertiary alicyclic amines) is 1. The van der Waals surface area contributed by atoms with Crippen LogP contribution in [0.5, 0.6) is 0 Å². The first-order chi connectivity index (χ1) is 11.1. The van der Waals surface area contributed by atoms with Gasteiger partial charge in [0, 0.05) is 23.9 Å². The molecule has 0 spiro atoms. The summed E-state index contributed by atoms with van der Waals surface area (Å²) in [6.45, 7) is 1.35. The number of carbonyl (C=O) groups excluding carboxylic acids is 1. The van der Waals surface area contributed by atoms with Crippen LogP contribution in [0.15, 0.2) is 24.3 Å². The molecule has 1 saturated heterocycles. The molecule has 1 aliphatic carbocycles. The molecule has 1 saturated carbocycles. The molecule has 6 nitrogen and oxygen atoms in total. The van der Waals surface area contributed by atoms with E-state index in [0.717, 1.165) is 18.9 Å². The van der Waals surface area contributed by atoms with Crippen molar-refractivity contribution >= 4 is 17.3 Å². The van der Waals surface area contributed by atoms with E-state index < -0.39 is 4.92 Å². The lowest BCUT2D eigenvalue weighted by Gasteiger charge is -2.43. The van der Waals surface area contributed by atoms with Crippen LogP contribution < -0.4 is 5.32 Å². The number of non-ortho nitro benzene ring substituents is 1. The number of amides is 1. The molecule has 1 aromatic rings. The minimum atomic E-state index is -0.451. The summed E-state index contributed by atoms with van der Waals surface area (Å²) in [5.74, 6) is 0.653. The second-order valence-electron chi connectivity index (χ2n) is 6.58. The number of nitro groups is 1. The van der Waals surface area contributed by atoms with Gasteiger partial charge in [-0.05, 0) is 44.2 Å². The van der Waals surface area contributed by atoms with Crippen molar-refractivity contribution in [2.24, 2.45) is 5.92 Å². The van der Waals surface area contributed by atoms with Crippen LogP contribution in [0.2, 0.25) is 0 Å². The van der Waals surface area contributed by atoms with Crippen molar-refractivity contribution in [1.29, 1.82) is 0 Å². The van der Waals surface area contributed by atoms with E-state index in [0.29, 0.717) is 18.3 Å². The summed E-state index contributed by atoms with van der Waals surface area (Å²) in [7, 11) is 0. The number of nitrogens with one attached hydrogen (secondary N) is 1. The van der Waals surface area contributed by atoms with Crippen LogP contribution in [0.25, 0.3) is 0 Å². The Bertz CT molecular complexity index is 588. The standard InChI is InChI=1S/C17H23N3O3/c21-17(18-14-7-3-8-15(11-14)20(22)23)12-19-10-4-6-13-5-1-2-9-16(13)19/h3,7-8,11,13,16H,1-2,4-6,9-10,12H2,(H,18,21)/t13-,16+/m1/s1. The maximum atomic E-state index is 12.3. The highest BCUT2D eigenvalue weighted by molar-refractivity contribution is 5.92. The summed E-state index contributed by atoms with van der Waals surface area (Å²) in [4.78, 5) is 25.0. The molecule has 0 radical (unpaired) electrons. The maximum Gasteiger partial charge on any atom is 0.271 e. The van der Waals surface area contributed by atoms with Crippen LogP contribution in [-0.2, 0) is 4.79 Å². The van der Waals surface area contributed by atoms with Crippen molar-refractivity contribution in [3.05, 3.63) is 34.4 Å². The second kappa shape index (κ2) is 7.08. The molecule has 1 heterocycles. The first kappa shape index (κ1) is 15.9. The van der Waals surface area contributed by atoms with Gasteiger partial charge in [-0.25, -0.2) is 0 Å². The van der Waals surface area contributed by atoms with E-state index in [1.165, 1.54) is 44.2 Å². The van der Waals surface area contributed by atoms with Crippen molar-refractivity contribution < 1.29 is 9.72 Å². The highest BCUT2D eigenvalue weighted by Gasteiger charge is 2.33. The molecule has 1 aromatic carbocycles. The van der Waals surface area contributed by atoms with E-state index in [2.05, 4.69) is 10.2 Å². The zero-order chi connectivity index (χ0) is 16.2. The highest BCUT2D eigenvalue weighted by atomic mass is 16.6. The van der Waals surface area contributed by atoms with Gasteiger partial charge in [-0.3, -0.25) is 19.8 Å². The number of rotatable bonds is 4. The lowest BCUT2D eigenvalue weighted by Crippen LogP contribution is -2.49. The normalized spacial score (nSPS) is 24.7. The molecule has 2 aliphatic rings. The fraction of sp³-hybridized carbons (Fsp3) is 0.588. The summed E-state index contributed by atoms with van der Waals surface area (Å²) < 4.78 is 0. The first-order valence-corrected chi connectivity index (χ1v) is 8.42. The summed E-state index contributed by atoms with van der Waals surface area (Å²) in [6, 6.07) is 6.63. The number of hydrogen-bond donors (Lipinski definition) is 1. The van der Waals surface area contributed by atoms with Gasteiger partial charge in [0.05, 0.1) is 11.5 Å². The largest absolute Gasteiger partial charge is 0.325 e. The number of hydrogen-bond acceptors (Lipinski definition) is 4. The van der Waals surface area contributed by atoms with Crippen LogP contribution in [-0.4, -0.2) is 34.9 Å². The van der Waals surface area contributed by atoms with Crippen LogP contribution in [0.4, 0.5) is 11.4 Å². The summed E-state index contributed by atoms with van der Waals surface area (Å²) in [5.41, 5.74) is 0.481. The summed E-state index contributed by atoms with van der Waals surface area (Å²) in [5, 5.41) is 13.6. The molecular weight excluding hydrogens is 294 g/mol. The van der Waals surface area contributed by atoms with Gasteiger partial charge < -0.3 is 5.32 Å². The number of carbonyl (C=O) groups is 1. The Kier molecular flexibility index (Phi) is 4.91. The molecule has 6 heteroatoms. The Morgan fingerprint density at radius 2 is 2.04 bits per heavy atom. The zero-order valence-corrected chi connectivity index (χ0v) is 13.2. The van der Waals surface area contributed by atoms with E-state index in [1.54, 1.807) is 12.1 Å². The van der Waals surface area contributed by atoms with Crippen LogP contribution in [0, 0.1) is 16.0 Å². The van der Waals surface area contributed by atoms with Crippen molar-refractivity contribution in [3.8, 4) is 0 Å². The third kappa shape index (κ3) is 3.88. The predicted molar refractivity (Wildman–Crippen MR) is 88.3 cm³/mol. The van der Waals surface area contributed by atoms with Gasteiger partial charge in [0.1, 0.15) is 0 Å². The van der Waals surface area contributed by atoms with E-state index in [4.69, 9.17) is 0 Å². The molecule has 0 unspecified atom stereocenters. The average molecular weight is 317 g/mol. The molecule has 0 aromatic heterocycles. The van der Waals surface area contributed by atoms with E-state index in [9.17, 15) is 14.9 Å². The van der Waals surface area contributed by atoms with Gasteiger partial charge in [0.25, 0.3) is 5.69 Å². The third-order valence-electron chi connectivity index (χ3n) is 5.05. The molecule has 124 valence electrons. The second-order valence-corrected chi connectivity index (χ2v) is 6.58. The zero-order valence-electron chi connectivity index (χ0n) is 13.2. The van der Waals surface area contributed by atoms with Gasteiger partial charge in [-0.2, -0.15) is 0 Å². The quantitative estimate of drug-likeness (QED) is 0.683. The molecule has 1 amide bonds. The lowest BCUT2D eigenvalue weighted by molar-refractivity contribution is -0.384. The monoisotopic (exact) mass is 317 g/mol.